The van der Waals surface area contributed by atoms with Gasteiger partial charge in [-0.15, -0.1) is 11.8 Å². The molecule has 0 aromatic heterocycles. The lowest BCUT2D eigenvalue weighted by atomic mass is 10.1. The Hall–Kier alpha value is -1.98. The molecule has 1 atom stereocenters. The fourth-order valence-corrected chi connectivity index (χ4v) is 4.25. The summed E-state index contributed by atoms with van der Waals surface area (Å²) in [6.07, 6.45) is 0.561. The molecular formula is C25H33ClN2O2S. The van der Waals surface area contributed by atoms with Gasteiger partial charge in [-0.2, -0.15) is 0 Å². The zero-order valence-electron chi connectivity index (χ0n) is 18.9. The molecule has 0 bridgehead atoms. The maximum atomic E-state index is 13.2. The van der Waals surface area contributed by atoms with Crippen molar-refractivity contribution in [2.45, 2.75) is 52.5 Å². The van der Waals surface area contributed by atoms with Gasteiger partial charge in [0.25, 0.3) is 0 Å². The number of thioether (sulfide) groups is 1. The number of hydrogen-bond donors (Lipinski definition) is 1. The minimum Gasteiger partial charge on any atom is -0.354 e. The second-order valence-corrected chi connectivity index (χ2v) is 9.62. The standard InChI is InChI=1S/C25H33ClN2O2S/c1-5-23(25(30)27-14-18(2)3)28(15-20-9-11-22(26)12-10-20)24(29)17-31-16-21-8-6-7-19(4)13-21/h6-13,18,23H,5,14-17H2,1-4H3,(H,27,30). The Morgan fingerprint density at radius 2 is 1.81 bits per heavy atom. The van der Waals surface area contributed by atoms with E-state index in [0.29, 0.717) is 36.2 Å². The molecule has 0 saturated heterocycles. The van der Waals surface area contributed by atoms with E-state index in [-0.39, 0.29) is 11.8 Å². The van der Waals surface area contributed by atoms with Gasteiger partial charge in [0, 0.05) is 23.9 Å². The molecule has 2 amide bonds. The van der Waals surface area contributed by atoms with E-state index in [9.17, 15) is 9.59 Å². The van der Waals surface area contributed by atoms with Crippen molar-refractivity contribution in [3.8, 4) is 0 Å². The van der Waals surface area contributed by atoms with Crippen LogP contribution in [0.2, 0.25) is 5.02 Å². The Morgan fingerprint density at radius 1 is 1.10 bits per heavy atom. The number of aryl methyl sites for hydroxylation is 1. The van der Waals surface area contributed by atoms with Crippen LogP contribution in [0.3, 0.4) is 0 Å². The number of carbonyl (C=O) groups excluding carboxylic acids is 2. The molecule has 1 N–H and O–H groups in total. The van der Waals surface area contributed by atoms with Gasteiger partial charge in [0.15, 0.2) is 0 Å². The van der Waals surface area contributed by atoms with Crippen LogP contribution in [0.5, 0.6) is 0 Å². The Kier molecular flexibility index (Phi) is 10.4. The number of carbonyl (C=O) groups is 2. The van der Waals surface area contributed by atoms with Crippen molar-refractivity contribution in [1.82, 2.24) is 10.2 Å². The third kappa shape index (κ3) is 8.58. The van der Waals surface area contributed by atoms with E-state index in [1.807, 2.05) is 37.3 Å². The van der Waals surface area contributed by atoms with Crippen LogP contribution in [0.25, 0.3) is 0 Å². The normalized spacial score (nSPS) is 11.9. The first-order valence-corrected chi connectivity index (χ1v) is 12.3. The molecule has 0 spiro atoms. The number of nitrogens with zero attached hydrogens (tertiary/aromatic N) is 1. The second kappa shape index (κ2) is 12.8. The van der Waals surface area contributed by atoms with Crippen LogP contribution in [-0.2, 0) is 21.9 Å². The van der Waals surface area contributed by atoms with Crippen LogP contribution < -0.4 is 5.32 Å². The fraction of sp³-hybridized carbons (Fsp3) is 0.440. The third-order valence-corrected chi connectivity index (χ3v) is 6.15. The molecule has 0 fully saturated rings. The summed E-state index contributed by atoms with van der Waals surface area (Å²) >= 11 is 7.59. The van der Waals surface area contributed by atoms with Crippen molar-refractivity contribution in [2.75, 3.05) is 12.3 Å². The van der Waals surface area contributed by atoms with Gasteiger partial charge in [-0.1, -0.05) is 74.3 Å². The van der Waals surface area contributed by atoms with E-state index in [2.05, 4.69) is 44.3 Å². The number of benzene rings is 2. The van der Waals surface area contributed by atoms with Crippen molar-refractivity contribution in [3.63, 3.8) is 0 Å². The average molecular weight is 461 g/mol. The smallest absolute Gasteiger partial charge is 0.242 e. The topological polar surface area (TPSA) is 49.4 Å². The number of amides is 2. The highest BCUT2D eigenvalue weighted by atomic mass is 35.5. The van der Waals surface area contributed by atoms with Gasteiger partial charge in [-0.3, -0.25) is 9.59 Å². The van der Waals surface area contributed by atoms with Gasteiger partial charge in [-0.05, 0) is 42.5 Å². The number of rotatable bonds is 11. The maximum absolute atomic E-state index is 13.2. The van der Waals surface area contributed by atoms with Crippen LogP contribution in [0, 0.1) is 12.8 Å². The molecule has 31 heavy (non-hydrogen) atoms. The van der Waals surface area contributed by atoms with Crippen LogP contribution >= 0.6 is 23.4 Å². The lowest BCUT2D eigenvalue weighted by molar-refractivity contribution is -0.139. The van der Waals surface area contributed by atoms with Gasteiger partial charge in [0.2, 0.25) is 11.8 Å². The average Bonchev–Trinajstić information content (AvgIpc) is 2.73. The summed E-state index contributed by atoms with van der Waals surface area (Å²) in [5.41, 5.74) is 3.36. The summed E-state index contributed by atoms with van der Waals surface area (Å²) in [5.74, 6) is 1.32. The molecule has 0 heterocycles. The molecule has 2 aromatic rings. The van der Waals surface area contributed by atoms with Crippen molar-refractivity contribution in [2.24, 2.45) is 5.92 Å². The van der Waals surface area contributed by atoms with E-state index in [0.717, 1.165) is 11.3 Å². The summed E-state index contributed by atoms with van der Waals surface area (Å²) in [6, 6.07) is 15.2. The zero-order valence-corrected chi connectivity index (χ0v) is 20.4. The molecule has 0 saturated carbocycles. The van der Waals surface area contributed by atoms with Gasteiger partial charge in [-0.25, -0.2) is 0 Å². The van der Waals surface area contributed by atoms with Crippen LogP contribution in [-0.4, -0.2) is 35.1 Å². The van der Waals surface area contributed by atoms with Crippen LogP contribution in [0.1, 0.15) is 43.9 Å². The first kappa shape index (κ1) is 25.3. The molecule has 0 aliphatic rings. The summed E-state index contributed by atoms with van der Waals surface area (Å²) in [6.45, 7) is 9.10. The molecule has 168 valence electrons. The predicted octanol–water partition coefficient (Wildman–Crippen LogP) is 5.46. The Balaban J connectivity index is 2.11. The minimum atomic E-state index is -0.499. The molecule has 6 heteroatoms. The van der Waals surface area contributed by atoms with Crippen molar-refractivity contribution in [3.05, 3.63) is 70.2 Å². The first-order chi connectivity index (χ1) is 14.8. The van der Waals surface area contributed by atoms with E-state index in [4.69, 9.17) is 11.6 Å². The van der Waals surface area contributed by atoms with Gasteiger partial charge in [0.05, 0.1) is 5.75 Å². The highest BCUT2D eigenvalue weighted by Crippen LogP contribution is 2.19. The van der Waals surface area contributed by atoms with Crippen LogP contribution in [0.15, 0.2) is 48.5 Å². The Labute approximate surface area is 195 Å². The van der Waals surface area contributed by atoms with E-state index < -0.39 is 6.04 Å². The zero-order chi connectivity index (χ0) is 22.8. The SMILES string of the molecule is CCC(C(=O)NCC(C)C)N(Cc1ccc(Cl)cc1)C(=O)CSCc1cccc(C)c1. The third-order valence-electron chi connectivity index (χ3n) is 4.91. The van der Waals surface area contributed by atoms with Crippen molar-refractivity contribution < 1.29 is 9.59 Å². The fourth-order valence-electron chi connectivity index (χ4n) is 3.27. The first-order valence-electron chi connectivity index (χ1n) is 10.7. The number of hydrogen-bond acceptors (Lipinski definition) is 3. The molecule has 2 rings (SSSR count). The summed E-state index contributed by atoms with van der Waals surface area (Å²) < 4.78 is 0. The lowest BCUT2D eigenvalue weighted by Gasteiger charge is -2.31. The molecule has 4 nitrogen and oxygen atoms in total. The van der Waals surface area contributed by atoms with E-state index >= 15 is 0 Å². The van der Waals surface area contributed by atoms with E-state index in [1.54, 1.807) is 16.7 Å². The quantitative estimate of drug-likeness (QED) is 0.484. The monoisotopic (exact) mass is 460 g/mol. The molecule has 0 aliphatic carbocycles. The molecule has 0 aliphatic heterocycles. The Bertz CT molecular complexity index is 855. The lowest BCUT2D eigenvalue weighted by Crippen LogP contribution is -2.50. The molecule has 2 aromatic carbocycles. The number of nitrogens with one attached hydrogen (secondary N) is 1. The van der Waals surface area contributed by atoms with Crippen molar-refractivity contribution in [1.29, 1.82) is 0 Å². The summed E-state index contributed by atoms with van der Waals surface area (Å²) in [5, 5.41) is 3.64. The second-order valence-electron chi connectivity index (χ2n) is 8.19. The van der Waals surface area contributed by atoms with Gasteiger partial charge >= 0.3 is 0 Å². The maximum Gasteiger partial charge on any atom is 0.242 e. The summed E-state index contributed by atoms with van der Waals surface area (Å²) in [4.78, 5) is 27.8. The predicted molar refractivity (Wildman–Crippen MR) is 131 cm³/mol. The van der Waals surface area contributed by atoms with Crippen LogP contribution in [0.4, 0.5) is 0 Å². The Morgan fingerprint density at radius 3 is 2.42 bits per heavy atom. The highest BCUT2D eigenvalue weighted by Gasteiger charge is 2.28. The van der Waals surface area contributed by atoms with Gasteiger partial charge < -0.3 is 10.2 Å². The minimum absolute atomic E-state index is 0.0286. The largest absolute Gasteiger partial charge is 0.354 e. The van der Waals surface area contributed by atoms with Crippen molar-refractivity contribution >= 4 is 35.2 Å². The number of halogens is 1. The molecule has 0 radical (unpaired) electrons. The van der Waals surface area contributed by atoms with E-state index in [1.165, 1.54) is 11.1 Å². The molecular weight excluding hydrogens is 428 g/mol. The summed E-state index contributed by atoms with van der Waals surface area (Å²) in [7, 11) is 0. The highest BCUT2D eigenvalue weighted by molar-refractivity contribution is 7.99. The molecule has 1 unspecified atom stereocenters. The van der Waals surface area contributed by atoms with Gasteiger partial charge in [0.1, 0.15) is 6.04 Å².